The van der Waals surface area contributed by atoms with Crippen molar-refractivity contribution >= 4 is 51.9 Å². The summed E-state index contributed by atoms with van der Waals surface area (Å²) < 4.78 is 11.1. The van der Waals surface area contributed by atoms with Crippen LogP contribution in [-0.4, -0.2) is 27.8 Å². The largest absolute Gasteiger partial charge is 0.504 e. The molecule has 1 N–H and O–H groups in total. The van der Waals surface area contributed by atoms with Crippen LogP contribution >= 0.6 is 23.2 Å². The fourth-order valence-electron chi connectivity index (χ4n) is 2.98. The van der Waals surface area contributed by atoms with Crippen molar-refractivity contribution in [2.75, 3.05) is 6.61 Å². The number of fused-ring (bicyclic) bond motifs is 1. The van der Waals surface area contributed by atoms with Gasteiger partial charge in [0.25, 0.3) is 5.69 Å². The zero-order valence-corrected chi connectivity index (χ0v) is 18.1. The first-order valence-electron chi connectivity index (χ1n) is 9.40. The molecule has 0 atom stereocenters. The lowest BCUT2D eigenvalue weighted by molar-refractivity contribution is -0.385. The minimum absolute atomic E-state index is 0.0152. The van der Waals surface area contributed by atoms with Gasteiger partial charge in [0.2, 0.25) is 5.89 Å². The molecule has 162 valence electrons. The lowest BCUT2D eigenvalue weighted by Crippen LogP contribution is -1.97. The van der Waals surface area contributed by atoms with Crippen molar-refractivity contribution in [2.24, 2.45) is 4.99 Å². The fourth-order valence-corrected chi connectivity index (χ4v) is 3.27. The molecule has 0 saturated carbocycles. The Bertz CT molecular complexity index is 1370. The highest BCUT2D eigenvalue weighted by molar-refractivity contribution is 6.42. The third-order valence-corrected chi connectivity index (χ3v) is 5.23. The molecule has 8 nitrogen and oxygen atoms in total. The second-order valence-corrected chi connectivity index (χ2v) is 7.44. The van der Waals surface area contributed by atoms with Gasteiger partial charge in [-0.05, 0) is 43.3 Å². The van der Waals surface area contributed by atoms with Crippen molar-refractivity contribution in [2.45, 2.75) is 6.92 Å². The number of ether oxygens (including phenoxy) is 1. The van der Waals surface area contributed by atoms with Crippen molar-refractivity contribution in [1.82, 2.24) is 4.98 Å². The SMILES string of the molecule is CCOc1cc([N+](=O)[O-])cc(C=Nc2ccc3oc(-c4ccc(Cl)c(Cl)c4)nc3c2)c1O. The van der Waals surface area contributed by atoms with Crippen LogP contribution in [0.25, 0.3) is 22.6 Å². The number of hydrogen-bond donors (Lipinski definition) is 1. The van der Waals surface area contributed by atoms with Crippen LogP contribution in [0.3, 0.4) is 0 Å². The molecule has 0 aliphatic rings. The van der Waals surface area contributed by atoms with E-state index in [0.29, 0.717) is 38.3 Å². The summed E-state index contributed by atoms with van der Waals surface area (Å²) in [6, 6.07) is 12.5. The molecule has 3 aromatic carbocycles. The number of oxazole rings is 1. The smallest absolute Gasteiger partial charge is 0.274 e. The molecule has 0 aliphatic heterocycles. The van der Waals surface area contributed by atoms with E-state index in [4.69, 9.17) is 32.4 Å². The monoisotopic (exact) mass is 471 g/mol. The Morgan fingerprint density at radius 2 is 2.00 bits per heavy atom. The summed E-state index contributed by atoms with van der Waals surface area (Å²) in [6.07, 6.45) is 1.33. The molecule has 0 bridgehead atoms. The maximum Gasteiger partial charge on any atom is 0.274 e. The summed E-state index contributed by atoms with van der Waals surface area (Å²) in [5, 5.41) is 22.4. The van der Waals surface area contributed by atoms with Crippen LogP contribution in [0.4, 0.5) is 11.4 Å². The molecule has 0 fully saturated rings. The van der Waals surface area contributed by atoms with Gasteiger partial charge in [-0.1, -0.05) is 23.2 Å². The van der Waals surface area contributed by atoms with Gasteiger partial charge in [0.15, 0.2) is 17.1 Å². The number of halogens is 2. The summed E-state index contributed by atoms with van der Waals surface area (Å²) in [4.78, 5) is 19.4. The average Bonchev–Trinajstić information content (AvgIpc) is 3.19. The van der Waals surface area contributed by atoms with Crippen LogP contribution in [0.2, 0.25) is 10.0 Å². The van der Waals surface area contributed by atoms with Crippen LogP contribution in [-0.2, 0) is 0 Å². The van der Waals surface area contributed by atoms with Gasteiger partial charge in [0.05, 0.1) is 33.3 Å². The number of aromatic nitrogens is 1. The second-order valence-electron chi connectivity index (χ2n) is 6.63. The van der Waals surface area contributed by atoms with Crippen molar-refractivity contribution in [3.63, 3.8) is 0 Å². The number of aliphatic imine (C=N–C) groups is 1. The van der Waals surface area contributed by atoms with Crippen LogP contribution < -0.4 is 4.74 Å². The Morgan fingerprint density at radius 1 is 1.19 bits per heavy atom. The van der Waals surface area contributed by atoms with Gasteiger partial charge < -0.3 is 14.3 Å². The summed E-state index contributed by atoms with van der Waals surface area (Å²) in [5.41, 5.74) is 2.21. The van der Waals surface area contributed by atoms with Gasteiger partial charge in [-0.15, -0.1) is 0 Å². The molecular weight excluding hydrogens is 457 g/mol. The standard InChI is InChI=1S/C22H15Cl2N3O5/c1-2-31-20-10-15(27(29)30)7-13(21(20)28)11-25-14-4-6-19-18(9-14)26-22(32-19)12-3-5-16(23)17(24)8-12/h3-11,28H,2H2,1H3. The number of nitro groups is 1. The highest BCUT2D eigenvalue weighted by atomic mass is 35.5. The van der Waals surface area contributed by atoms with E-state index in [1.54, 1.807) is 43.3 Å². The molecule has 32 heavy (non-hydrogen) atoms. The normalized spacial score (nSPS) is 11.3. The lowest BCUT2D eigenvalue weighted by atomic mass is 10.1. The first-order valence-corrected chi connectivity index (χ1v) is 10.2. The maximum absolute atomic E-state index is 11.2. The second kappa shape index (κ2) is 8.86. The highest BCUT2D eigenvalue weighted by Crippen LogP contribution is 2.35. The van der Waals surface area contributed by atoms with Crippen LogP contribution in [0.1, 0.15) is 12.5 Å². The van der Waals surface area contributed by atoms with Crippen molar-refractivity contribution in [3.05, 3.63) is 74.3 Å². The van der Waals surface area contributed by atoms with Gasteiger partial charge in [-0.25, -0.2) is 4.98 Å². The first kappa shape index (κ1) is 21.6. The third kappa shape index (κ3) is 4.37. The Hall–Kier alpha value is -3.62. The molecule has 0 aliphatic carbocycles. The van der Waals surface area contributed by atoms with E-state index in [1.807, 2.05) is 0 Å². The molecule has 0 saturated heterocycles. The summed E-state index contributed by atoms with van der Waals surface area (Å²) >= 11 is 12.0. The first-order chi connectivity index (χ1) is 15.4. The number of phenolic OH excluding ortho intramolecular Hbond substituents is 1. The quantitative estimate of drug-likeness (QED) is 0.193. The minimum Gasteiger partial charge on any atom is -0.504 e. The summed E-state index contributed by atoms with van der Waals surface area (Å²) in [7, 11) is 0. The van der Waals surface area contributed by atoms with E-state index in [0.717, 1.165) is 0 Å². The number of hydrogen-bond acceptors (Lipinski definition) is 7. The molecule has 1 aromatic heterocycles. The molecule has 0 unspecified atom stereocenters. The maximum atomic E-state index is 11.2. The average molecular weight is 472 g/mol. The van der Waals surface area contributed by atoms with Gasteiger partial charge in [-0.3, -0.25) is 15.1 Å². The molecule has 10 heteroatoms. The third-order valence-electron chi connectivity index (χ3n) is 4.49. The predicted octanol–water partition coefficient (Wildman–Crippen LogP) is 6.56. The predicted molar refractivity (Wildman–Crippen MR) is 123 cm³/mol. The topological polar surface area (TPSA) is 111 Å². The van der Waals surface area contributed by atoms with Gasteiger partial charge in [0.1, 0.15) is 5.52 Å². The number of aromatic hydroxyl groups is 1. The van der Waals surface area contributed by atoms with Crippen molar-refractivity contribution in [1.29, 1.82) is 0 Å². The number of rotatable bonds is 6. The van der Waals surface area contributed by atoms with Crippen LogP contribution in [0, 0.1) is 10.1 Å². The van der Waals surface area contributed by atoms with Gasteiger partial charge in [-0.2, -0.15) is 0 Å². The van der Waals surface area contributed by atoms with E-state index < -0.39 is 4.92 Å². The zero-order valence-electron chi connectivity index (χ0n) is 16.6. The Kier molecular flexibility index (Phi) is 5.98. The van der Waals surface area contributed by atoms with E-state index in [9.17, 15) is 15.2 Å². The Labute approximate surface area is 191 Å². The number of nitro benzene ring substituents is 1. The Morgan fingerprint density at radius 3 is 2.72 bits per heavy atom. The fraction of sp³-hybridized carbons (Fsp3) is 0.0909. The number of non-ortho nitro benzene ring substituents is 1. The van der Waals surface area contributed by atoms with Crippen molar-refractivity contribution < 1.29 is 19.2 Å². The summed E-state index contributed by atoms with van der Waals surface area (Å²) in [6.45, 7) is 1.96. The number of phenols is 1. The van der Waals surface area contributed by atoms with E-state index >= 15 is 0 Å². The van der Waals surface area contributed by atoms with E-state index in [-0.39, 0.29) is 29.4 Å². The molecule has 0 amide bonds. The lowest BCUT2D eigenvalue weighted by Gasteiger charge is -2.07. The zero-order chi connectivity index (χ0) is 22.8. The van der Waals surface area contributed by atoms with Gasteiger partial charge in [0, 0.05) is 23.4 Å². The number of benzene rings is 3. The Balaban J connectivity index is 1.67. The molecule has 0 spiro atoms. The summed E-state index contributed by atoms with van der Waals surface area (Å²) in [5.74, 6) is 0.157. The highest BCUT2D eigenvalue weighted by Gasteiger charge is 2.16. The number of nitrogens with zero attached hydrogens (tertiary/aromatic N) is 3. The molecule has 1 heterocycles. The minimum atomic E-state index is -0.564. The van der Waals surface area contributed by atoms with Gasteiger partial charge >= 0.3 is 0 Å². The molecular formula is C22H15Cl2N3O5. The van der Waals surface area contributed by atoms with E-state index in [1.165, 1.54) is 18.3 Å². The molecule has 4 aromatic rings. The molecule has 0 radical (unpaired) electrons. The van der Waals surface area contributed by atoms with Crippen molar-refractivity contribution in [3.8, 4) is 23.0 Å². The molecule has 4 rings (SSSR count). The van der Waals surface area contributed by atoms with Crippen LogP contribution in [0.15, 0.2) is 57.9 Å². The van der Waals surface area contributed by atoms with E-state index in [2.05, 4.69) is 9.98 Å². The van der Waals surface area contributed by atoms with Crippen LogP contribution in [0.5, 0.6) is 11.5 Å².